The Morgan fingerprint density at radius 2 is 1.92 bits per heavy atom. The number of hydrogen-bond donors (Lipinski definition) is 1. The molecule has 0 aromatic heterocycles. The highest BCUT2D eigenvalue weighted by atomic mass is 16.5. The van der Waals surface area contributed by atoms with Crippen molar-refractivity contribution in [2.45, 2.75) is 39.0 Å². The average Bonchev–Trinajstić information content (AvgIpc) is 3.13. The number of amides is 1. The Hall–Kier alpha value is -2.63. The number of ether oxygens (including phenoxy) is 2. The van der Waals surface area contributed by atoms with Crippen molar-refractivity contribution >= 4 is 23.5 Å². The quantitative estimate of drug-likeness (QED) is 0.415. The van der Waals surface area contributed by atoms with Crippen LogP contribution in [0.3, 0.4) is 0 Å². The summed E-state index contributed by atoms with van der Waals surface area (Å²) < 4.78 is 10.1. The van der Waals surface area contributed by atoms with Crippen molar-refractivity contribution in [1.29, 1.82) is 0 Å². The molecule has 0 saturated heterocycles. The SMILES string of the molecule is CCCCOC(=O)c1ccc(NC(=O)COC(=O)C[C@@H]2C=CCC2)cc1. The molecule has 1 aromatic rings. The fraction of sp³-hybridized carbons (Fsp3) is 0.450. The molecule has 1 aliphatic rings. The molecule has 0 heterocycles. The number of esters is 2. The molecule has 0 unspecified atom stereocenters. The molecular formula is C20H25NO5. The number of rotatable bonds is 9. The minimum Gasteiger partial charge on any atom is -0.462 e. The number of allylic oxidation sites excluding steroid dienone is 2. The molecule has 1 aromatic carbocycles. The number of hydrogen-bond acceptors (Lipinski definition) is 5. The molecule has 0 bridgehead atoms. The van der Waals surface area contributed by atoms with E-state index in [1.165, 1.54) is 0 Å². The summed E-state index contributed by atoms with van der Waals surface area (Å²) in [6, 6.07) is 6.39. The molecule has 0 saturated carbocycles. The number of nitrogens with one attached hydrogen (secondary N) is 1. The summed E-state index contributed by atoms with van der Waals surface area (Å²) in [5.74, 6) is -0.957. The summed E-state index contributed by atoms with van der Waals surface area (Å²) in [4.78, 5) is 35.4. The third-order valence-electron chi connectivity index (χ3n) is 4.04. The normalized spacial score (nSPS) is 15.5. The zero-order valence-electron chi connectivity index (χ0n) is 15.0. The zero-order chi connectivity index (χ0) is 18.8. The molecule has 0 aliphatic heterocycles. The standard InChI is InChI=1S/C20H25NO5/c1-2-3-12-25-20(24)16-8-10-17(11-9-16)21-18(22)14-26-19(23)13-15-6-4-5-7-15/h4,6,8-11,15H,2-3,5,7,12-14H2,1H3,(H,21,22)/t15-/m1/s1. The first-order valence-corrected chi connectivity index (χ1v) is 8.97. The van der Waals surface area contributed by atoms with Crippen LogP contribution in [-0.4, -0.2) is 31.1 Å². The third-order valence-corrected chi connectivity index (χ3v) is 4.04. The van der Waals surface area contributed by atoms with Crippen LogP contribution in [-0.2, 0) is 19.1 Å². The maximum absolute atomic E-state index is 11.9. The van der Waals surface area contributed by atoms with E-state index in [1.54, 1.807) is 24.3 Å². The van der Waals surface area contributed by atoms with Crippen LogP contribution in [0, 0.1) is 5.92 Å². The fourth-order valence-electron chi connectivity index (χ4n) is 2.56. The van der Waals surface area contributed by atoms with Gasteiger partial charge in [-0.05, 0) is 49.4 Å². The minimum absolute atomic E-state index is 0.218. The molecule has 0 fully saturated rings. The van der Waals surface area contributed by atoms with Gasteiger partial charge in [-0.25, -0.2) is 4.79 Å². The van der Waals surface area contributed by atoms with Crippen molar-refractivity contribution in [2.24, 2.45) is 5.92 Å². The van der Waals surface area contributed by atoms with Gasteiger partial charge in [0.05, 0.1) is 18.6 Å². The molecule has 26 heavy (non-hydrogen) atoms. The molecule has 1 N–H and O–H groups in total. The van der Waals surface area contributed by atoms with Gasteiger partial charge in [-0.1, -0.05) is 25.5 Å². The molecule has 1 amide bonds. The first kappa shape index (κ1) is 19.7. The van der Waals surface area contributed by atoms with E-state index in [-0.39, 0.29) is 24.5 Å². The van der Waals surface area contributed by atoms with E-state index in [9.17, 15) is 14.4 Å². The maximum Gasteiger partial charge on any atom is 0.338 e. The van der Waals surface area contributed by atoms with E-state index in [2.05, 4.69) is 5.32 Å². The number of anilines is 1. The molecule has 0 radical (unpaired) electrons. The van der Waals surface area contributed by atoms with E-state index in [1.807, 2.05) is 19.1 Å². The third kappa shape index (κ3) is 6.70. The van der Waals surface area contributed by atoms with Gasteiger partial charge in [0, 0.05) is 5.69 Å². The zero-order valence-corrected chi connectivity index (χ0v) is 15.0. The number of unbranched alkanes of at least 4 members (excludes halogenated alkanes) is 1. The molecule has 140 valence electrons. The van der Waals surface area contributed by atoms with Crippen molar-refractivity contribution in [1.82, 2.24) is 0 Å². The van der Waals surface area contributed by atoms with Gasteiger partial charge in [0.15, 0.2) is 6.61 Å². The van der Waals surface area contributed by atoms with Crippen LogP contribution < -0.4 is 5.32 Å². The Kier molecular flexibility index (Phi) is 7.86. The monoisotopic (exact) mass is 359 g/mol. The summed E-state index contributed by atoms with van der Waals surface area (Å²) in [6.45, 7) is 2.10. The molecule has 6 heteroatoms. The van der Waals surface area contributed by atoms with Gasteiger partial charge in [0.25, 0.3) is 5.91 Å². The Labute approximate surface area is 153 Å². The van der Waals surface area contributed by atoms with Crippen molar-refractivity contribution < 1.29 is 23.9 Å². The average molecular weight is 359 g/mol. The van der Waals surface area contributed by atoms with Crippen LogP contribution in [0.25, 0.3) is 0 Å². The second-order valence-corrected chi connectivity index (χ2v) is 6.25. The van der Waals surface area contributed by atoms with Gasteiger partial charge < -0.3 is 14.8 Å². The van der Waals surface area contributed by atoms with Crippen molar-refractivity contribution in [3.63, 3.8) is 0 Å². The molecule has 6 nitrogen and oxygen atoms in total. The Bertz CT molecular complexity index is 651. The molecule has 2 rings (SSSR count). The first-order chi connectivity index (χ1) is 12.6. The molecular weight excluding hydrogens is 334 g/mol. The van der Waals surface area contributed by atoms with Crippen molar-refractivity contribution in [3.8, 4) is 0 Å². The van der Waals surface area contributed by atoms with Crippen LogP contribution in [0.15, 0.2) is 36.4 Å². The lowest BCUT2D eigenvalue weighted by Crippen LogP contribution is -2.21. The lowest BCUT2D eigenvalue weighted by atomic mass is 10.1. The van der Waals surface area contributed by atoms with E-state index in [0.717, 1.165) is 25.7 Å². The highest BCUT2D eigenvalue weighted by Gasteiger charge is 2.16. The Balaban J connectivity index is 1.71. The maximum atomic E-state index is 11.9. The van der Waals surface area contributed by atoms with Crippen molar-refractivity contribution in [3.05, 3.63) is 42.0 Å². The van der Waals surface area contributed by atoms with Gasteiger partial charge in [-0.2, -0.15) is 0 Å². The second-order valence-electron chi connectivity index (χ2n) is 6.25. The largest absolute Gasteiger partial charge is 0.462 e. The summed E-state index contributed by atoms with van der Waals surface area (Å²) >= 11 is 0. The van der Waals surface area contributed by atoms with Gasteiger partial charge in [-0.3, -0.25) is 9.59 Å². The van der Waals surface area contributed by atoms with Gasteiger partial charge in [0.2, 0.25) is 0 Å². The fourth-order valence-corrected chi connectivity index (χ4v) is 2.56. The van der Waals surface area contributed by atoms with E-state index < -0.39 is 5.91 Å². The van der Waals surface area contributed by atoms with Crippen LogP contribution in [0.2, 0.25) is 0 Å². The lowest BCUT2D eigenvalue weighted by Gasteiger charge is -2.09. The molecule has 0 spiro atoms. The number of benzene rings is 1. The van der Waals surface area contributed by atoms with Crippen molar-refractivity contribution in [2.75, 3.05) is 18.5 Å². The van der Waals surface area contributed by atoms with E-state index in [4.69, 9.17) is 9.47 Å². The second kappa shape index (κ2) is 10.4. The van der Waals surface area contributed by atoms with Gasteiger partial charge >= 0.3 is 11.9 Å². The number of carbonyl (C=O) groups excluding carboxylic acids is 3. The summed E-state index contributed by atoms with van der Waals surface area (Å²) in [6.07, 6.45) is 8.09. The summed E-state index contributed by atoms with van der Waals surface area (Å²) in [5, 5.41) is 2.63. The molecule has 1 atom stereocenters. The lowest BCUT2D eigenvalue weighted by molar-refractivity contribution is -0.147. The summed E-state index contributed by atoms with van der Waals surface area (Å²) in [5.41, 5.74) is 0.949. The smallest absolute Gasteiger partial charge is 0.338 e. The van der Waals surface area contributed by atoms with E-state index >= 15 is 0 Å². The van der Waals surface area contributed by atoms with Gasteiger partial charge in [-0.15, -0.1) is 0 Å². The summed E-state index contributed by atoms with van der Waals surface area (Å²) in [7, 11) is 0. The topological polar surface area (TPSA) is 81.7 Å². The van der Waals surface area contributed by atoms with Gasteiger partial charge in [0.1, 0.15) is 0 Å². The van der Waals surface area contributed by atoms with E-state index in [0.29, 0.717) is 24.3 Å². The first-order valence-electron chi connectivity index (χ1n) is 8.97. The predicted octanol–water partition coefficient (Wildman–Crippen LogP) is 3.48. The number of carbonyl (C=O) groups is 3. The van der Waals surface area contributed by atoms with Crippen LogP contribution in [0.5, 0.6) is 0 Å². The Morgan fingerprint density at radius 3 is 2.58 bits per heavy atom. The minimum atomic E-state index is -0.418. The Morgan fingerprint density at radius 1 is 1.15 bits per heavy atom. The molecule has 1 aliphatic carbocycles. The van der Waals surface area contributed by atoms with Crippen LogP contribution in [0.4, 0.5) is 5.69 Å². The highest BCUT2D eigenvalue weighted by molar-refractivity contribution is 5.94. The van der Waals surface area contributed by atoms with Crippen LogP contribution in [0.1, 0.15) is 49.4 Å². The van der Waals surface area contributed by atoms with Crippen LogP contribution >= 0.6 is 0 Å². The highest BCUT2D eigenvalue weighted by Crippen LogP contribution is 2.20. The predicted molar refractivity (Wildman–Crippen MR) is 97.7 cm³/mol.